The molecule has 1 aromatic heterocycles. The lowest BCUT2D eigenvalue weighted by Gasteiger charge is -2.15. The lowest BCUT2D eigenvalue weighted by molar-refractivity contribution is 0.322. The number of fused-ring (bicyclic) bond motifs is 2. The molecule has 96 valence electrons. The van der Waals surface area contributed by atoms with Gasteiger partial charge in [-0.3, -0.25) is 0 Å². The summed E-state index contributed by atoms with van der Waals surface area (Å²) in [6.45, 7) is 0.199. The van der Waals surface area contributed by atoms with Gasteiger partial charge in [-0.15, -0.1) is 0 Å². The Balaban J connectivity index is 2.06. The van der Waals surface area contributed by atoms with E-state index in [9.17, 15) is 0 Å². The Labute approximate surface area is 111 Å². The summed E-state index contributed by atoms with van der Waals surface area (Å²) in [7, 11) is 2.06. The van der Waals surface area contributed by atoms with Gasteiger partial charge in [-0.25, -0.2) is 4.98 Å². The van der Waals surface area contributed by atoms with Crippen molar-refractivity contribution < 1.29 is 5.11 Å². The van der Waals surface area contributed by atoms with Crippen LogP contribution in [0.25, 0.3) is 11.0 Å². The topological polar surface area (TPSA) is 38.0 Å². The first kappa shape index (κ1) is 12.1. The molecule has 3 rings (SSSR count). The van der Waals surface area contributed by atoms with Crippen LogP contribution in [0.4, 0.5) is 0 Å². The molecule has 0 bridgehead atoms. The lowest BCUT2D eigenvalue weighted by Crippen LogP contribution is -2.02. The van der Waals surface area contributed by atoms with Crippen LogP contribution in [-0.2, 0) is 19.9 Å². The van der Waals surface area contributed by atoms with Crippen molar-refractivity contribution in [3.63, 3.8) is 0 Å². The van der Waals surface area contributed by atoms with Crippen LogP contribution in [-0.4, -0.2) is 27.0 Å². The molecule has 0 saturated carbocycles. The quantitative estimate of drug-likeness (QED) is 0.864. The number of aliphatic hydroxyl groups excluding tert-OH is 1. The molecule has 2 aromatic rings. The summed E-state index contributed by atoms with van der Waals surface area (Å²) in [5.41, 5.74) is 5.29. The van der Waals surface area contributed by atoms with E-state index in [1.54, 1.807) is 11.8 Å². The molecule has 1 aromatic carbocycles. The largest absolute Gasteiger partial charge is 0.396 e. The predicted octanol–water partition coefficient (Wildman–Crippen LogP) is 2.54. The molecule has 1 N–H and O–H groups in total. The zero-order valence-corrected chi connectivity index (χ0v) is 11.5. The lowest BCUT2D eigenvalue weighted by atomic mass is 9.91. The summed E-state index contributed by atoms with van der Waals surface area (Å²) in [5.74, 6) is 0.705. The van der Waals surface area contributed by atoms with E-state index in [-0.39, 0.29) is 6.61 Å². The number of aliphatic hydroxyl groups is 1. The van der Waals surface area contributed by atoms with Gasteiger partial charge >= 0.3 is 0 Å². The molecule has 0 aliphatic heterocycles. The number of hydrogen-bond acceptors (Lipinski definition) is 3. The third-order valence-electron chi connectivity index (χ3n) is 3.63. The average molecular weight is 262 g/mol. The van der Waals surface area contributed by atoms with Crippen LogP contribution >= 0.6 is 11.8 Å². The minimum absolute atomic E-state index is 0.199. The van der Waals surface area contributed by atoms with E-state index >= 15 is 0 Å². The van der Waals surface area contributed by atoms with E-state index in [0.717, 1.165) is 10.7 Å². The molecule has 1 heterocycles. The Kier molecular flexibility index (Phi) is 3.31. The van der Waals surface area contributed by atoms with E-state index in [4.69, 9.17) is 5.11 Å². The third-order valence-corrected chi connectivity index (χ3v) is 4.64. The fourth-order valence-corrected chi connectivity index (χ4v) is 3.39. The van der Waals surface area contributed by atoms with Gasteiger partial charge in [-0.2, -0.15) is 0 Å². The van der Waals surface area contributed by atoms with Crippen LogP contribution in [0.15, 0.2) is 17.3 Å². The number of nitrogens with zero attached hydrogens (tertiary/aromatic N) is 2. The van der Waals surface area contributed by atoms with E-state index in [0.29, 0.717) is 5.75 Å². The monoisotopic (exact) mass is 262 g/mol. The minimum Gasteiger partial charge on any atom is -0.396 e. The normalized spacial score (nSPS) is 15.0. The molecule has 0 saturated heterocycles. The Morgan fingerprint density at radius 1 is 1.28 bits per heavy atom. The maximum absolute atomic E-state index is 8.91. The first-order valence-electron chi connectivity index (χ1n) is 6.51. The van der Waals surface area contributed by atoms with Crippen molar-refractivity contribution in [3.05, 3.63) is 23.3 Å². The van der Waals surface area contributed by atoms with Crippen LogP contribution in [0.2, 0.25) is 0 Å². The maximum atomic E-state index is 8.91. The van der Waals surface area contributed by atoms with Gasteiger partial charge in [-0.1, -0.05) is 11.8 Å². The second-order valence-electron chi connectivity index (χ2n) is 4.84. The molecule has 0 amide bonds. The van der Waals surface area contributed by atoms with Crippen molar-refractivity contribution in [1.29, 1.82) is 0 Å². The first-order chi connectivity index (χ1) is 8.79. The number of hydrogen-bond donors (Lipinski definition) is 1. The van der Waals surface area contributed by atoms with Crippen molar-refractivity contribution in [3.8, 4) is 0 Å². The molecular formula is C14H18N2OS. The Bertz CT molecular complexity index is 577. The summed E-state index contributed by atoms with van der Waals surface area (Å²) in [4.78, 5) is 4.67. The Morgan fingerprint density at radius 3 is 2.72 bits per heavy atom. The highest BCUT2D eigenvalue weighted by atomic mass is 32.2. The van der Waals surface area contributed by atoms with Crippen LogP contribution < -0.4 is 0 Å². The van der Waals surface area contributed by atoms with Crippen LogP contribution in [0.1, 0.15) is 24.0 Å². The molecule has 0 atom stereocenters. The van der Waals surface area contributed by atoms with Crippen molar-refractivity contribution >= 4 is 22.8 Å². The van der Waals surface area contributed by atoms with Gasteiger partial charge in [0.2, 0.25) is 0 Å². The number of imidazole rings is 1. The number of aryl methyl sites for hydroxylation is 3. The third kappa shape index (κ3) is 2.04. The first-order valence-corrected chi connectivity index (χ1v) is 7.50. The molecule has 4 heteroatoms. The molecule has 18 heavy (non-hydrogen) atoms. The van der Waals surface area contributed by atoms with Crippen LogP contribution in [0.3, 0.4) is 0 Å². The standard InChI is InChI=1S/C14H18N2OS/c1-16-13-9-11-5-3-2-4-10(11)8-12(13)15-14(16)18-7-6-17/h8-9,17H,2-7H2,1H3. The summed E-state index contributed by atoms with van der Waals surface area (Å²) >= 11 is 1.62. The van der Waals surface area contributed by atoms with Gasteiger partial charge in [0.15, 0.2) is 5.16 Å². The Morgan fingerprint density at radius 2 is 2.00 bits per heavy atom. The number of rotatable bonds is 3. The zero-order valence-electron chi connectivity index (χ0n) is 10.6. The fraction of sp³-hybridized carbons (Fsp3) is 0.500. The zero-order chi connectivity index (χ0) is 12.5. The second-order valence-corrected chi connectivity index (χ2v) is 5.90. The molecule has 1 aliphatic rings. The van der Waals surface area contributed by atoms with Gasteiger partial charge in [0, 0.05) is 12.8 Å². The molecule has 1 aliphatic carbocycles. The van der Waals surface area contributed by atoms with Gasteiger partial charge < -0.3 is 9.67 Å². The van der Waals surface area contributed by atoms with Crippen LogP contribution in [0, 0.1) is 0 Å². The van der Waals surface area contributed by atoms with Crippen LogP contribution in [0.5, 0.6) is 0 Å². The summed E-state index contributed by atoms with van der Waals surface area (Å²) in [5, 5.41) is 9.91. The van der Waals surface area contributed by atoms with Crippen molar-refractivity contribution in [2.24, 2.45) is 7.05 Å². The fourth-order valence-electron chi connectivity index (χ4n) is 2.67. The maximum Gasteiger partial charge on any atom is 0.168 e. The highest BCUT2D eigenvalue weighted by molar-refractivity contribution is 7.99. The van der Waals surface area contributed by atoms with Crippen molar-refractivity contribution in [2.45, 2.75) is 30.8 Å². The molecule has 3 nitrogen and oxygen atoms in total. The minimum atomic E-state index is 0.199. The van der Waals surface area contributed by atoms with E-state index in [1.165, 1.54) is 42.3 Å². The van der Waals surface area contributed by atoms with Gasteiger partial charge in [0.25, 0.3) is 0 Å². The number of benzene rings is 1. The van der Waals surface area contributed by atoms with Gasteiger partial charge in [0.05, 0.1) is 17.6 Å². The molecular weight excluding hydrogens is 244 g/mol. The van der Waals surface area contributed by atoms with Crippen molar-refractivity contribution in [1.82, 2.24) is 9.55 Å². The number of aromatic nitrogens is 2. The average Bonchev–Trinajstić information content (AvgIpc) is 2.70. The molecule has 0 unspecified atom stereocenters. The summed E-state index contributed by atoms with van der Waals surface area (Å²) in [6, 6.07) is 4.56. The van der Waals surface area contributed by atoms with E-state index in [1.807, 2.05) is 0 Å². The number of thioether (sulfide) groups is 1. The van der Waals surface area contributed by atoms with E-state index < -0.39 is 0 Å². The highest BCUT2D eigenvalue weighted by Gasteiger charge is 2.14. The van der Waals surface area contributed by atoms with Crippen molar-refractivity contribution in [2.75, 3.05) is 12.4 Å². The van der Waals surface area contributed by atoms with Gasteiger partial charge in [-0.05, 0) is 48.9 Å². The van der Waals surface area contributed by atoms with Gasteiger partial charge in [0.1, 0.15) is 0 Å². The van der Waals surface area contributed by atoms with E-state index in [2.05, 4.69) is 28.7 Å². The highest BCUT2D eigenvalue weighted by Crippen LogP contribution is 2.29. The Hall–Kier alpha value is -1.00. The molecule has 0 spiro atoms. The SMILES string of the molecule is Cn1c(SCCO)nc2cc3c(cc21)CCCC3. The molecule has 0 fully saturated rings. The summed E-state index contributed by atoms with van der Waals surface area (Å²) in [6.07, 6.45) is 5.01. The predicted molar refractivity (Wildman–Crippen MR) is 75.2 cm³/mol. The second kappa shape index (κ2) is 4.94. The summed E-state index contributed by atoms with van der Waals surface area (Å²) < 4.78 is 2.14. The molecule has 0 radical (unpaired) electrons. The smallest absolute Gasteiger partial charge is 0.168 e.